The molecule has 0 radical (unpaired) electrons. The molecule has 7 unspecified atom stereocenters. The van der Waals surface area contributed by atoms with Crippen LogP contribution < -0.4 is 4.74 Å². The molecular weight excluding hydrogens is 798 g/mol. The van der Waals surface area contributed by atoms with Gasteiger partial charge in [-0.2, -0.15) is 0 Å². The molecule has 1 saturated carbocycles. The van der Waals surface area contributed by atoms with E-state index in [1.54, 1.807) is 59.5 Å². The van der Waals surface area contributed by atoms with Crippen LogP contribution in [0.25, 0.3) is 6.08 Å². The topological polar surface area (TPSA) is 173 Å². The summed E-state index contributed by atoms with van der Waals surface area (Å²) in [6.45, 7) is 4.69. The van der Waals surface area contributed by atoms with Crippen LogP contribution in [-0.4, -0.2) is 81.3 Å². The number of oxime groups is 1. The Labute approximate surface area is 361 Å². The number of aliphatic hydroxyl groups excluding tert-OH is 2. The molecule has 7 rings (SSSR count). The van der Waals surface area contributed by atoms with Crippen molar-refractivity contribution in [3.63, 3.8) is 0 Å². The van der Waals surface area contributed by atoms with E-state index in [-0.39, 0.29) is 62.0 Å². The lowest BCUT2D eigenvalue weighted by Gasteiger charge is -2.60. The smallest absolute Gasteiger partial charge is 0.269 e. The van der Waals surface area contributed by atoms with E-state index in [0.29, 0.717) is 48.5 Å². The lowest BCUT2D eigenvalue weighted by atomic mass is 9.55. The van der Waals surface area contributed by atoms with Crippen molar-refractivity contribution in [3.05, 3.63) is 130 Å². The van der Waals surface area contributed by atoms with Gasteiger partial charge in [0.25, 0.3) is 5.69 Å². The van der Waals surface area contributed by atoms with Gasteiger partial charge in [-0.05, 0) is 116 Å². The quantitative estimate of drug-likeness (QED) is 0.0350. The second-order valence-electron chi connectivity index (χ2n) is 16.5. The molecule has 0 aromatic heterocycles. The molecule has 0 bridgehead atoms. The van der Waals surface area contributed by atoms with Crippen LogP contribution in [-0.2, 0) is 25.7 Å². The van der Waals surface area contributed by atoms with Gasteiger partial charge in [0.2, 0.25) is 18.0 Å². The van der Waals surface area contributed by atoms with Gasteiger partial charge in [-0.3, -0.25) is 14.9 Å². The molecular formula is C48H56FN3O10. The molecule has 3 aromatic rings. The van der Waals surface area contributed by atoms with Crippen molar-refractivity contribution in [1.29, 1.82) is 0 Å². The van der Waals surface area contributed by atoms with E-state index in [1.807, 2.05) is 0 Å². The fourth-order valence-corrected chi connectivity index (χ4v) is 9.67. The first kappa shape index (κ1) is 44.6. The van der Waals surface area contributed by atoms with Gasteiger partial charge in [-0.1, -0.05) is 42.3 Å². The van der Waals surface area contributed by atoms with E-state index >= 15 is 0 Å². The van der Waals surface area contributed by atoms with Gasteiger partial charge >= 0.3 is 0 Å². The average molecular weight is 854 g/mol. The number of nitrogens with zero attached hydrogens (tertiary/aromatic N) is 3. The van der Waals surface area contributed by atoms with E-state index < -0.39 is 40.7 Å². The number of aromatic hydroxyl groups is 1. The van der Waals surface area contributed by atoms with E-state index in [9.17, 15) is 34.6 Å². The number of nitro groups is 1. The molecule has 14 heteroatoms. The van der Waals surface area contributed by atoms with Crippen molar-refractivity contribution >= 4 is 23.4 Å². The number of halogens is 1. The number of ether oxygens (including phenoxy) is 3. The van der Waals surface area contributed by atoms with Gasteiger partial charge in [0, 0.05) is 62.3 Å². The Balaban J connectivity index is 1.43. The van der Waals surface area contributed by atoms with Crippen molar-refractivity contribution < 1.29 is 48.5 Å². The summed E-state index contributed by atoms with van der Waals surface area (Å²) in [5, 5.41) is 47.0. The summed E-state index contributed by atoms with van der Waals surface area (Å²) in [7, 11) is 0. The zero-order valence-electron chi connectivity index (χ0n) is 34.9. The van der Waals surface area contributed by atoms with Gasteiger partial charge < -0.3 is 39.3 Å². The molecule has 0 spiro atoms. The summed E-state index contributed by atoms with van der Waals surface area (Å²) in [5.41, 5.74) is 3.33. The molecule has 2 fully saturated rings. The highest BCUT2D eigenvalue weighted by Gasteiger charge is 2.65. The predicted octanol–water partition coefficient (Wildman–Crippen LogP) is 8.34. The minimum Gasteiger partial charge on any atom is -0.508 e. The number of hydrogen-bond donors (Lipinski definition) is 3. The van der Waals surface area contributed by atoms with Crippen molar-refractivity contribution in [3.8, 4) is 11.5 Å². The number of carbonyl (C=O) groups excluding carboxylic acids is 1. The number of aliphatic hydroxyl groups is 2. The van der Waals surface area contributed by atoms with Gasteiger partial charge in [0.15, 0.2) is 0 Å². The molecule has 2 aliphatic carbocycles. The highest BCUT2D eigenvalue weighted by Crippen LogP contribution is 2.62. The van der Waals surface area contributed by atoms with E-state index in [1.165, 1.54) is 30.3 Å². The number of unbranched alkanes of at least 4 members (excludes halogenated alkanes) is 2. The van der Waals surface area contributed by atoms with Crippen molar-refractivity contribution in [2.45, 2.75) is 94.8 Å². The first-order valence-electron chi connectivity index (χ1n) is 21.7. The average Bonchev–Trinajstić information content (AvgIpc) is 3.28. The molecule has 2 aliphatic heterocycles. The van der Waals surface area contributed by atoms with Crippen LogP contribution in [0.4, 0.5) is 10.1 Å². The first-order valence-corrected chi connectivity index (χ1v) is 21.7. The van der Waals surface area contributed by atoms with E-state index in [4.69, 9.17) is 24.2 Å². The number of phenolic OH excluding ortho intramolecular Hbond substituents is 1. The number of phenols is 1. The monoisotopic (exact) mass is 853 g/mol. The van der Waals surface area contributed by atoms with E-state index in [2.05, 4.69) is 12.7 Å². The minimum atomic E-state index is -1.57. The van der Waals surface area contributed by atoms with Crippen molar-refractivity contribution in [1.82, 2.24) is 4.90 Å². The van der Waals surface area contributed by atoms with Gasteiger partial charge in [-0.15, -0.1) is 6.58 Å². The summed E-state index contributed by atoms with van der Waals surface area (Å²) in [4.78, 5) is 33.7. The molecule has 7 atom stereocenters. The number of amides is 1. The summed E-state index contributed by atoms with van der Waals surface area (Å²) in [5.74, 6) is -2.88. The molecule has 1 saturated heterocycles. The number of hydrogen-bond acceptors (Lipinski definition) is 11. The van der Waals surface area contributed by atoms with Gasteiger partial charge in [0.05, 0.1) is 29.8 Å². The third-order valence-corrected chi connectivity index (χ3v) is 12.5. The Morgan fingerprint density at radius 2 is 1.79 bits per heavy atom. The number of non-ortho nitro benzene ring substituents is 1. The Bertz CT molecular complexity index is 2120. The lowest BCUT2D eigenvalue weighted by molar-refractivity contribution is -0.384. The highest BCUT2D eigenvalue weighted by atomic mass is 19.1. The summed E-state index contributed by atoms with van der Waals surface area (Å²) >= 11 is 0. The van der Waals surface area contributed by atoms with Crippen LogP contribution in [0.2, 0.25) is 0 Å². The SMILES string of the molecule is C=CCOC12Oc3ccc(O)cc3C3C(CCCCO)C(CCCCO)C=C(C(=NOC4CCCCO4)CC1N(Cc1ccc(F)cc1)C(=O)C=Cc1ccc([N+](=O)[O-])cc1)C32. The second kappa shape index (κ2) is 20.6. The zero-order chi connectivity index (χ0) is 43.6. The summed E-state index contributed by atoms with van der Waals surface area (Å²) < 4.78 is 34.5. The van der Waals surface area contributed by atoms with E-state index in [0.717, 1.165) is 49.7 Å². The number of benzene rings is 3. The van der Waals surface area contributed by atoms with Crippen LogP contribution in [0.1, 0.15) is 86.8 Å². The number of carbonyl (C=O) groups is 1. The maximum Gasteiger partial charge on any atom is 0.269 e. The van der Waals surface area contributed by atoms with Gasteiger partial charge in [-0.25, -0.2) is 4.39 Å². The number of allylic oxidation sites excluding steroid dienone is 1. The number of nitro benzene ring substituents is 1. The molecule has 4 aliphatic rings. The maximum absolute atomic E-state index is 15.0. The van der Waals surface area contributed by atoms with Gasteiger partial charge in [0.1, 0.15) is 23.4 Å². The number of rotatable bonds is 19. The zero-order valence-corrected chi connectivity index (χ0v) is 34.9. The molecule has 2 heterocycles. The normalized spacial score (nSPS) is 25.9. The Hall–Kier alpha value is -5.41. The van der Waals surface area contributed by atoms with Crippen molar-refractivity contribution in [2.75, 3.05) is 26.4 Å². The fraction of sp³-hybridized carbons (Fsp3) is 0.458. The molecule has 1 amide bonds. The fourth-order valence-electron chi connectivity index (χ4n) is 9.67. The maximum atomic E-state index is 15.0. The molecule has 330 valence electrons. The van der Waals surface area contributed by atoms with Crippen LogP contribution in [0, 0.1) is 33.7 Å². The Morgan fingerprint density at radius 3 is 2.48 bits per heavy atom. The van der Waals surface area contributed by atoms with Crippen LogP contribution in [0.3, 0.4) is 0 Å². The standard InChI is InChI=1S/C48H56FN3O10/c1-2-26-60-48-43(51(31-33-12-17-35(49)18-13-33)44(56)23-16-32-14-19-36(20-15-32)52(57)58)30-41(50-62-45-11-5-8-27-59-45)39-28-34(9-3-6-24-53)38(10-4-7-25-54)46(47(39)48)40-29-37(55)21-22-42(40)61-48/h2,12-23,28-29,34,38,43,45-47,53-55H,1,3-11,24-27,30-31H2. The predicted molar refractivity (Wildman–Crippen MR) is 230 cm³/mol. The molecule has 13 nitrogen and oxygen atoms in total. The third kappa shape index (κ3) is 9.94. The minimum absolute atomic E-state index is 0.00356. The molecule has 3 aromatic carbocycles. The first-order chi connectivity index (χ1) is 30.1. The third-order valence-electron chi connectivity index (χ3n) is 12.5. The molecule has 3 N–H and O–H groups in total. The van der Waals surface area contributed by atoms with Crippen LogP contribution in [0.15, 0.2) is 102 Å². The highest BCUT2D eigenvalue weighted by molar-refractivity contribution is 6.03. The number of fused-ring (bicyclic) bond motifs is 2. The largest absolute Gasteiger partial charge is 0.508 e. The summed E-state index contributed by atoms with van der Waals surface area (Å²) in [6.07, 6.45) is 13.1. The molecule has 62 heavy (non-hydrogen) atoms. The lowest BCUT2D eigenvalue weighted by Crippen LogP contribution is -2.70. The Morgan fingerprint density at radius 1 is 1.03 bits per heavy atom. The summed E-state index contributed by atoms with van der Waals surface area (Å²) in [6, 6.07) is 15.9. The second-order valence-corrected chi connectivity index (χ2v) is 16.5. The Kier molecular flexibility index (Phi) is 14.9. The van der Waals surface area contributed by atoms with Crippen LogP contribution >= 0.6 is 0 Å². The van der Waals surface area contributed by atoms with Crippen molar-refractivity contribution in [2.24, 2.45) is 22.9 Å². The van der Waals surface area contributed by atoms with Crippen LogP contribution in [0.5, 0.6) is 11.5 Å².